The minimum Gasteiger partial charge on any atom is -0.467 e. The Balaban J connectivity index is 1.60. The molecule has 1 aromatic carbocycles. The number of nitrogens with zero attached hydrogens (tertiary/aromatic N) is 1. The predicted molar refractivity (Wildman–Crippen MR) is 97.1 cm³/mol. The summed E-state index contributed by atoms with van der Waals surface area (Å²) in [6, 6.07) is 12.0. The lowest BCUT2D eigenvalue weighted by Gasteiger charge is -2.28. The zero-order chi connectivity index (χ0) is 17.8. The molecule has 1 fully saturated rings. The molecule has 1 saturated heterocycles. The number of rotatable bonds is 6. The first-order valence-corrected chi connectivity index (χ1v) is 9.12. The molecule has 2 heterocycles. The lowest BCUT2D eigenvalue weighted by atomic mass is 9.98. The standard InChI is InChI=1S/C21H27NO3/c1-15-7-9-17(10-8-15)13-16(2)21(24)22-11-3-5-18(22)14-19(23)20-6-4-12-25-20/h4,6-10,12,16,18-19,23H,3,5,11,13-14H2,1-2H3. The fourth-order valence-electron chi connectivity index (χ4n) is 3.67. The van der Waals surface area contributed by atoms with Crippen LogP contribution in [0, 0.1) is 12.8 Å². The second-order valence-electron chi connectivity index (χ2n) is 7.19. The van der Waals surface area contributed by atoms with Gasteiger partial charge in [-0.2, -0.15) is 0 Å². The summed E-state index contributed by atoms with van der Waals surface area (Å²) in [6.45, 7) is 4.85. The smallest absolute Gasteiger partial charge is 0.225 e. The van der Waals surface area contributed by atoms with Gasteiger partial charge in [-0.1, -0.05) is 36.8 Å². The second-order valence-corrected chi connectivity index (χ2v) is 7.19. The van der Waals surface area contributed by atoms with E-state index in [0.717, 1.165) is 25.8 Å². The Bertz CT molecular complexity index is 678. The van der Waals surface area contributed by atoms with Gasteiger partial charge in [0.1, 0.15) is 11.9 Å². The van der Waals surface area contributed by atoms with Crippen molar-refractivity contribution in [2.45, 2.75) is 51.7 Å². The molecule has 1 aliphatic rings. The Labute approximate surface area is 149 Å². The molecule has 0 aliphatic carbocycles. The van der Waals surface area contributed by atoms with Gasteiger partial charge in [-0.25, -0.2) is 0 Å². The Hall–Kier alpha value is -2.07. The monoisotopic (exact) mass is 341 g/mol. The molecule has 1 amide bonds. The number of benzene rings is 1. The van der Waals surface area contributed by atoms with E-state index in [4.69, 9.17) is 4.42 Å². The average molecular weight is 341 g/mol. The van der Waals surface area contributed by atoms with Crippen molar-refractivity contribution in [3.63, 3.8) is 0 Å². The highest BCUT2D eigenvalue weighted by molar-refractivity contribution is 5.79. The molecule has 1 aromatic heterocycles. The van der Waals surface area contributed by atoms with Gasteiger partial charge in [0, 0.05) is 24.9 Å². The van der Waals surface area contributed by atoms with Crippen LogP contribution in [0.2, 0.25) is 0 Å². The average Bonchev–Trinajstić information content (AvgIpc) is 3.27. The lowest BCUT2D eigenvalue weighted by Crippen LogP contribution is -2.40. The van der Waals surface area contributed by atoms with Crippen LogP contribution >= 0.6 is 0 Å². The van der Waals surface area contributed by atoms with Gasteiger partial charge in [0.05, 0.1) is 6.26 Å². The molecule has 1 N–H and O–H groups in total. The van der Waals surface area contributed by atoms with Crippen LogP contribution in [-0.2, 0) is 11.2 Å². The van der Waals surface area contributed by atoms with Crippen LogP contribution in [0.5, 0.6) is 0 Å². The fraction of sp³-hybridized carbons (Fsp3) is 0.476. The number of carbonyl (C=O) groups excluding carboxylic acids is 1. The largest absolute Gasteiger partial charge is 0.467 e. The molecule has 2 aromatic rings. The summed E-state index contributed by atoms with van der Waals surface area (Å²) in [7, 11) is 0. The van der Waals surface area contributed by atoms with E-state index >= 15 is 0 Å². The van der Waals surface area contributed by atoms with Crippen molar-refractivity contribution in [3.8, 4) is 0 Å². The third-order valence-corrected chi connectivity index (χ3v) is 5.11. The Morgan fingerprint density at radius 2 is 2.08 bits per heavy atom. The van der Waals surface area contributed by atoms with Crippen LogP contribution in [0.3, 0.4) is 0 Å². The molecule has 4 heteroatoms. The molecule has 3 rings (SSSR count). The number of likely N-dealkylation sites (tertiary alicyclic amines) is 1. The van der Waals surface area contributed by atoms with Crippen molar-refractivity contribution in [2.24, 2.45) is 5.92 Å². The molecule has 1 aliphatic heterocycles. The van der Waals surface area contributed by atoms with Crippen LogP contribution in [-0.4, -0.2) is 28.5 Å². The third-order valence-electron chi connectivity index (χ3n) is 5.11. The molecule has 3 atom stereocenters. The van der Waals surface area contributed by atoms with Crippen LogP contribution in [0.15, 0.2) is 47.1 Å². The van der Waals surface area contributed by atoms with Gasteiger partial charge in [0.15, 0.2) is 0 Å². The molecule has 134 valence electrons. The van der Waals surface area contributed by atoms with Crippen molar-refractivity contribution in [1.29, 1.82) is 0 Å². The first-order valence-electron chi connectivity index (χ1n) is 9.12. The summed E-state index contributed by atoms with van der Waals surface area (Å²) < 4.78 is 5.28. The van der Waals surface area contributed by atoms with Gasteiger partial charge in [-0.3, -0.25) is 4.79 Å². The first kappa shape index (κ1) is 17.7. The summed E-state index contributed by atoms with van der Waals surface area (Å²) in [5.74, 6) is 0.714. The Morgan fingerprint density at radius 1 is 1.32 bits per heavy atom. The first-order chi connectivity index (χ1) is 12.0. The van der Waals surface area contributed by atoms with E-state index in [-0.39, 0.29) is 17.9 Å². The zero-order valence-electron chi connectivity index (χ0n) is 15.0. The molecular weight excluding hydrogens is 314 g/mol. The normalized spacial score (nSPS) is 19.8. The molecule has 0 saturated carbocycles. The lowest BCUT2D eigenvalue weighted by molar-refractivity contribution is -0.136. The van der Waals surface area contributed by atoms with E-state index in [1.807, 2.05) is 11.8 Å². The molecular formula is C21H27NO3. The summed E-state index contributed by atoms with van der Waals surface area (Å²) in [5.41, 5.74) is 2.42. The molecule has 0 radical (unpaired) electrons. The SMILES string of the molecule is Cc1ccc(CC(C)C(=O)N2CCCC2CC(O)c2ccco2)cc1. The highest BCUT2D eigenvalue weighted by atomic mass is 16.4. The van der Waals surface area contributed by atoms with Gasteiger partial charge in [-0.15, -0.1) is 0 Å². The maximum absolute atomic E-state index is 12.9. The highest BCUT2D eigenvalue weighted by Gasteiger charge is 2.33. The van der Waals surface area contributed by atoms with E-state index in [1.54, 1.807) is 18.4 Å². The van der Waals surface area contributed by atoms with E-state index in [0.29, 0.717) is 12.2 Å². The number of hydrogen-bond donors (Lipinski definition) is 1. The van der Waals surface area contributed by atoms with E-state index in [2.05, 4.69) is 31.2 Å². The van der Waals surface area contributed by atoms with Crippen LogP contribution in [0.4, 0.5) is 0 Å². The van der Waals surface area contributed by atoms with Gasteiger partial charge < -0.3 is 14.4 Å². The Kier molecular flexibility index (Phi) is 5.59. The number of amides is 1. The minimum atomic E-state index is -0.652. The number of hydrogen-bond acceptors (Lipinski definition) is 3. The van der Waals surface area contributed by atoms with Gasteiger partial charge in [0.2, 0.25) is 5.91 Å². The Morgan fingerprint density at radius 3 is 2.76 bits per heavy atom. The molecule has 0 spiro atoms. The fourth-order valence-corrected chi connectivity index (χ4v) is 3.67. The van der Waals surface area contributed by atoms with Crippen molar-refractivity contribution >= 4 is 5.91 Å². The predicted octanol–water partition coefficient (Wildman–Crippen LogP) is 3.88. The number of carbonyl (C=O) groups is 1. The molecule has 3 unspecified atom stereocenters. The summed E-state index contributed by atoms with van der Waals surface area (Å²) in [4.78, 5) is 14.9. The van der Waals surface area contributed by atoms with Crippen LogP contribution < -0.4 is 0 Å². The van der Waals surface area contributed by atoms with Crippen molar-refractivity contribution in [1.82, 2.24) is 4.90 Å². The van der Waals surface area contributed by atoms with Crippen LogP contribution in [0.25, 0.3) is 0 Å². The minimum absolute atomic E-state index is 0.0518. The third kappa shape index (κ3) is 4.31. The summed E-state index contributed by atoms with van der Waals surface area (Å²) in [5, 5.41) is 10.3. The van der Waals surface area contributed by atoms with Crippen molar-refractivity contribution in [3.05, 3.63) is 59.5 Å². The summed E-state index contributed by atoms with van der Waals surface area (Å²) >= 11 is 0. The van der Waals surface area contributed by atoms with Gasteiger partial charge in [0.25, 0.3) is 0 Å². The molecule has 0 bridgehead atoms. The van der Waals surface area contributed by atoms with Crippen molar-refractivity contribution < 1.29 is 14.3 Å². The second kappa shape index (κ2) is 7.87. The number of furan rings is 1. The van der Waals surface area contributed by atoms with Gasteiger partial charge >= 0.3 is 0 Å². The number of aryl methyl sites for hydroxylation is 1. The maximum Gasteiger partial charge on any atom is 0.225 e. The topological polar surface area (TPSA) is 53.7 Å². The zero-order valence-corrected chi connectivity index (χ0v) is 15.0. The maximum atomic E-state index is 12.9. The number of aliphatic hydroxyl groups excluding tert-OH is 1. The molecule has 25 heavy (non-hydrogen) atoms. The van der Waals surface area contributed by atoms with E-state index in [9.17, 15) is 9.90 Å². The number of aliphatic hydroxyl groups is 1. The summed E-state index contributed by atoms with van der Waals surface area (Å²) in [6.07, 6.45) is 4.15. The van der Waals surface area contributed by atoms with E-state index in [1.165, 1.54) is 11.1 Å². The highest BCUT2D eigenvalue weighted by Crippen LogP contribution is 2.29. The van der Waals surface area contributed by atoms with Crippen molar-refractivity contribution in [2.75, 3.05) is 6.54 Å². The van der Waals surface area contributed by atoms with E-state index < -0.39 is 6.10 Å². The quantitative estimate of drug-likeness (QED) is 0.867. The molecule has 4 nitrogen and oxygen atoms in total. The van der Waals surface area contributed by atoms with Crippen LogP contribution in [0.1, 0.15) is 49.2 Å². The van der Waals surface area contributed by atoms with Gasteiger partial charge in [-0.05, 0) is 43.9 Å².